The van der Waals surface area contributed by atoms with E-state index in [0.717, 1.165) is 24.9 Å². The molecule has 0 saturated carbocycles. The first-order valence-corrected chi connectivity index (χ1v) is 7.87. The van der Waals surface area contributed by atoms with Gasteiger partial charge in [0.25, 0.3) is 0 Å². The highest BCUT2D eigenvalue weighted by atomic mass is 32.1. The van der Waals surface area contributed by atoms with E-state index < -0.39 is 6.61 Å². The number of hydrogen-bond donors (Lipinski definition) is 1. The zero-order valence-corrected chi connectivity index (χ0v) is 12.7. The molecule has 0 aliphatic rings. The molecule has 1 aromatic heterocycles. The van der Waals surface area contributed by atoms with Crippen molar-refractivity contribution in [2.45, 2.75) is 32.4 Å². The number of hydrogen-bond acceptors (Lipinski definition) is 3. The predicted octanol–water partition coefficient (Wildman–Crippen LogP) is 4.63. The third-order valence-corrected chi connectivity index (χ3v) is 4.13. The summed E-state index contributed by atoms with van der Waals surface area (Å²) in [4.78, 5) is 1.33. The third-order valence-electron chi connectivity index (χ3n) is 3.20. The van der Waals surface area contributed by atoms with E-state index in [9.17, 15) is 8.78 Å². The molecule has 0 amide bonds. The molecule has 5 heteroatoms. The number of alkyl halides is 2. The molecule has 2 rings (SSSR count). The molecule has 21 heavy (non-hydrogen) atoms. The molecule has 1 atom stereocenters. The molecule has 0 spiro atoms. The van der Waals surface area contributed by atoms with Gasteiger partial charge >= 0.3 is 6.61 Å². The zero-order valence-electron chi connectivity index (χ0n) is 11.9. The van der Waals surface area contributed by atoms with Crippen molar-refractivity contribution in [1.82, 2.24) is 5.32 Å². The van der Waals surface area contributed by atoms with Crippen LogP contribution in [0.25, 0.3) is 0 Å². The maximum atomic E-state index is 12.3. The van der Waals surface area contributed by atoms with E-state index in [1.165, 1.54) is 4.88 Å². The second-order valence-corrected chi connectivity index (χ2v) is 5.71. The molecule has 1 heterocycles. The highest BCUT2D eigenvalue weighted by molar-refractivity contribution is 7.09. The van der Waals surface area contributed by atoms with Crippen LogP contribution in [-0.2, 0) is 6.42 Å². The van der Waals surface area contributed by atoms with E-state index in [4.69, 9.17) is 0 Å². The summed E-state index contributed by atoms with van der Waals surface area (Å²) >= 11 is 1.74. The van der Waals surface area contributed by atoms with Gasteiger partial charge in [-0.25, -0.2) is 0 Å². The number of thiophene rings is 1. The smallest absolute Gasteiger partial charge is 0.387 e. The normalized spacial score (nSPS) is 12.6. The Morgan fingerprint density at radius 1 is 1.24 bits per heavy atom. The molecular formula is C16H19F2NOS. The summed E-state index contributed by atoms with van der Waals surface area (Å²) in [6.45, 7) is 0.0797. The molecule has 0 bridgehead atoms. The van der Waals surface area contributed by atoms with Gasteiger partial charge in [-0.2, -0.15) is 8.78 Å². The molecule has 0 radical (unpaired) electrons. The molecule has 0 aliphatic carbocycles. The quantitative estimate of drug-likeness (QED) is 0.767. The van der Waals surface area contributed by atoms with Crippen LogP contribution in [-0.4, -0.2) is 13.2 Å². The Balaban J connectivity index is 2.05. The Morgan fingerprint density at radius 3 is 2.76 bits per heavy atom. The number of halogens is 2. The summed E-state index contributed by atoms with van der Waals surface area (Å²) in [7, 11) is 0. The predicted molar refractivity (Wildman–Crippen MR) is 82.1 cm³/mol. The topological polar surface area (TPSA) is 21.3 Å². The van der Waals surface area contributed by atoms with Crippen molar-refractivity contribution in [2.75, 3.05) is 6.54 Å². The Hall–Kier alpha value is -1.46. The molecule has 0 fully saturated rings. The summed E-state index contributed by atoms with van der Waals surface area (Å²) in [5.74, 6) is 0.210. The average Bonchev–Trinajstić information content (AvgIpc) is 2.96. The lowest BCUT2D eigenvalue weighted by atomic mass is 10.0. The number of aryl methyl sites for hydroxylation is 1. The minimum Gasteiger partial charge on any atom is -0.435 e. The van der Waals surface area contributed by atoms with Crippen LogP contribution in [0.15, 0.2) is 41.8 Å². The van der Waals surface area contributed by atoms with Crippen molar-refractivity contribution in [3.05, 3.63) is 52.2 Å². The Morgan fingerprint density at radius 2 is 2.10 bits per heavy atom. The van der Waals surface area contributed by atoms with Gasteiger partial charge in [-0.05, 0) is 48.5 Å². The summed E-state index contributed by atoms with van der Waals surface area (Å²) in [6, 6.07) is 11.2. The Bertz CT molecular complexity index is 531. The van der Waals surface area contributed by atoms with Gasteiger partial charge in [0.1, 0.15) is 5.75 Å². The standard InChI is InChI=1S/C16H19F2NOS/c1-2-19-15(9-8-14-7-4-10-21-14)12-5-3-6-13(11-12)20-16(17)18/h3-7,10-11,15-16,19H,2,8-9H2,1H3. The molecule has 114 valence electrons. The summed E-state index contributed by atoms with van der Waals surface area (Å²) < 4.78 is 29.1. The fourth-order valence-corrected chi connectivity index (χ4v) is 3.01. The zero-order chi connectivity index (χ0) is 15.1. The Kier molecular flexibility index (Phi) is 6.14. The van der Waals surface area contributed by atoms with Crippen molar-refractivity contribution >= 4 is 11.3 Å². The van der Waals surface area contributed by atoms with Crippen LogP contribution >= 0.6 is 11.3 Å². The lowest BCUT2D eigenvalue weighted by Crippen LogP contribution is -2.21. The number of benzene rings is 1. The monoisotopic (exact) mass is 311 g/mol. The largest absolute Gasteiger partial charge is 0.435 e. The number of rotatable bonds is 8. The number of nitrogens with one attached hydrogen (secondary N) is 1. The van der Waals surface area contributed by atoms with E-state index in [2.05, 4.69) is 21.5 Å². The van der Waals surface area contributed by atoms with Crippen LogP contribution in [0.4, 0.5) is 8.78 Å². The van der Waals surface area contributed by atoms with Crippen molar-refractivity contribution in [3.8, 4) is 5.75 Å². The second-order valence-electron chi connectivity index (χ2n) is 4.68. The van der Waals surface area contributed by atoms with Crippen molar-refractivity contribution in [2.24, 2.45) is 0 Å². The van der Waals surface area contributed by atoms with Crippen LogP contribution < -0.4 is 10.1 Å². The first kappa shape index (κ1) is 15.9. The molecular weight excluding hydrogens is 292 g/mol. The highest BCUT2D eigenvalue weighted by Gasteiger charge is 2.13. The molecule has 0 saturated heterocycles. The first-order valence-electron chi connectivity index (χ1n) is 6.99. The average molecular weight is 311 g/mol. The number of ether oxygens (including phenoxy) is 1. The molecule has 1 N–H and O–H groups in total. The lowest BCUT2D eigenvalue weighted by Gasteiger charge is -2.19. The van der Waals surface area contributed by atoms with E-state index in [1.54, 1.807) is 29.5 Å². The maximum Gasteiger partial charge on any atom is 0.387 e. The van der Waals surface area contributed by atoms with Crippen molar-refractivity contribution < 1.29 is 13.5 Å². The fourth-order valence-electron chi connectivity index (χ4n) is 2.28. The van der Waals surface area contributed by atoms with Crippen LogP contribution in [0.1, 0.15) is 29.8 Å². The molecule has 2 aromatic rings. The minimum atomic E-state index is -2.79. The molecule has 1 unspecified atom stereocenters. The third kappa shape index (κ3) is 5.10. The maximum absolute atomic E-state index is 12.3. The highest BCUT2D eigenvalue weighted by Crippen LogP contribution is 2.25. The Labute approximate surface area is 127 Å². The van der Waals surface area contributed by atoms with Crippen molar-refractivity contribution in [1.29, 1.82) is 0 Å². The van der Waals surface area contributed by atoms with E-state index >= 15 is 0 Å². The fraction of sp³-hybridized carbons (Fsp3) is 0.375. The van der Waals surface area contributed by atoms with Gasteiger partial charge in [0.2, 0.25) is 0 Å². The van der Waals surface area contributed by atoms with Gasteiger partial charge in [0.05, 0.1) is 0 Å². The minimum absolute atomic E-state index is 0.137. The van der Waals surface area contributed by atoms with Crippen molar-refractivity contribution in [3.63, 3.8) is 0 Å². The lowest BCUT2D eigenvalue weighted by molar-refractivity contribution is -0.0499. The molecule has 2 nitrogen and oxygen atoms in total. The van der Waals surface area contributed by atoms with Crippen LogP contribution in [0, 0.1) is 0 Å². The van der Waals surface area contributed by atoms with Gasteiger partial charge in [0.15, 0.2) is 0 Å². The summed E-state index contributed by atoms with van der Waals surface area (Å²) in [5, 5.41) is 5.47. The van der Waals surface area contributed by atoms with Crippen LogP contribution in [0.5, 0.6) is 5.75 Å². The molecule has 0 aliphatic heterocycles. The van der Waals surface area contributed by atoms with Gasteiger partial charge in [-0.3, -0.25) is 0 Å². The van der Waals surface area contributed by atoms with Gasteiger partial charge in [-0.1, -0.05) is 25.1 Å². The van der Waals surface area contributed by atoms with Gasteiger partial charge in [0, 0.05) is 10.9 Å². The molecule has 1 aromatic carbocycles. The van der Waals surface area contributed by atoms with E-state index in [1.807, 2.05) is 19.1 Å². The van der Waals surface area contributed by atoms with E-state index in [-0.39, 0.29) is 11.8 Å². The van der Waals surface area contributed by atoms with Gasteiger partial charge < -0.3 is 10.1 Å². The first-order chi connectivity index (χ1) is 10.2. The summed E-state index contributed by atoms with van der Waals surface area (Å²) in [5.41, 5.74) is 0.978. The second kappa shape index (κ2) is 8.10. The van der Waals surface area contributed by atoms with E-state index in [0.29, 0.717) is 0 Å². The van der Waals surface area contributed by atoms with Crippen LogP contribution in [0.2, 0.25) is 0 Å². The van der Waals surface area contributed by atoms with Crippen LogP contribution in [0.3, 0.4) is 0 Å². The SMILES string of the molecule is CCNC(CCc1cccs1)c1cccc(OC(F)F)c1. The van der Waals surface area contributed by atoms with Gasteiger partial charge in [-0.15, -0.1) is 11.3 Å². The summed E-state index contributed by atoms with van der Waals surface area (Å²) in [6.07, 6.45) is 1.89.